The lowest BCUT2D eigenvalue weighted by Crippen LogP contribution is -2.43. The maximum atomic E-state index is 5.01. The second-order valence-electron chi connectivity index (χ2n) is 8.55. The number of pyridine rings is 1. The van der Waals surface area contributed by atoms with Gasteiger partial charge in [-0.3, -0.25) is 9.08 Å². The number of hydrogen-bond donors (Lipinski definition) is 0. The largest absolute Gasteiger partial charge is 0.294 e. The number of fused-ring (bicyclic) bond motifs is 1. The molecule has 34 heavy (non-hydrogen) atoms. The summed E-state index contributed by atoms with van der Waals surface area (Å²) in [6.45, 7) is 0. The number of imidazole rings is 1. The maximum Gasteiger partial charge on any atom is 0.137 e. The summed E-state index contributed by atoms with van der Waals surface area (Å²) in [4.78, 5) is 4.42. The third-order valence-electron chi connectivity index (χ3n) is 6.68. The average molecular weight is 507 g/mol. The van der Waals surface area contributed by atoms with Crippen LogP contribution in [0.2, 0.25) is 0 Å². The Morgan fingerprint density at radius 3 is 2.21 bits per heavy atom. The fourth-order valence-corrected chi connectivity index (χ4v) is 5.48. The number of halogens is 1. The van der Waals surface area contributed by atoms with Crippen LogP contribution < -0.4 is 0 Å². The fourth-order valence-electron chi connectivity index (χ4n) is 5.09. The molecule has 2 aromatic carbocycles. The molecule has 3 heterocycles. The van der Waals surface area contributed by atoms with E-state index in [4.69, 9.17) is 5.10 Å². The topological polar surface area (TPSA) is 35.1 Å². The second kappa shape index (κ2) is 8.58. The molecular formula is C29H23BrN4. The Kier molecular flexibility index (Phi) is 5.27. The van der Waals surface area contributed by atoms with Gasteiger partial charge in [-0.25, -0.2) is 4.98 Å². The Morgan fingerprint density at radius 1 is 0.794 bits per heavy atom. The van der Waals surface area contributed by atoms with E-state index in [9.17, 15) is 0 Å². The van der Waals surface area contributed by atoms with Crippen LogP contribution >= 0.6 is 15.9 Å². The zero-order valence-corrected chi connectivity index (χ0v) is 20.1. The minimum atomic E-state index is -0.484. The third kappa shape index (κ3) is 3.35. The summed E-state index contributed by atoms with van der Waals surface area (Å²) < 4.78 is 5.14. The molecule has 5 heteroatoms. The van der Waals surface area contributed by atoms with Gasteiger partial charge in [0.1, 0.15) is 15.8 Å². The van der Waals surface area contributed by atoms with Crippen molar-refractivity contribution in [3.05, 3.63) is 138 Å². The lowest BCUT2D eigenvalue weighted by atomic mass is 9.70. The van der Waals surface area contributed by atoms with Gasteiger partial charge in [0.15, 0.2) is 0 Å². The zero-order valence-electron chi connectivity index (χ0n) is 18.5. The summed E-state index contributed by atoms with van der Waals surface area (Å²) >= 11 is 3.59. The van der Waals surface area contributed by atoms with Gasteiger partial charge in [-0.2, -0.15) is 5.10 Å². The molecule has 4 nitrogen and oxygen atoms in total. The van der Waals surface area contributed by atoms with Crippen molar-refractivity contribution >= 4 is 21.6 Å². The first-order valence-electron chi connectivity index (χ1n) is 11.4. The lowest BCUT2D eigenvalue weighted by Gasteiger charge is -2.41. The molecule has 0 bridgehead atoms. The minimum Gasteiger partial charge on any atom is -0.294 e. The van der Waals surface area contributed by atoms with E-state index in [0.717, 1.165) is 27.8 Å². The van der Waals surface area contributed by atoms with Gasteiger partial charge in [0.05, 0.1) is 12.4 Å². The summed E-state index contributed by atoms with van der Waals surface area (Å²) in [5.41, 5.74) is 5.01. The van der Waals surface area contributed by atoms with E-state index < -0.39 is 5.54 Å². The molecule has 5 aromatic rings. The van der Waals surface area contributed by atoms with Crippen LogP contribution in [-0.4, -0.2) is 19.2 Å². The molecule has 1 atom stereocenters. The highest BCUT2D eigenvalue weighted by Crippen LogP contribution is 2.44. The molecular weight excluding hydrogens is 484 g/mol. The molecule has 3 aromatic heterocycles. The van der Waals surface area contributed by atoms with Crippen LogP contribution in [0.15, 0.2) is 126 Å². The molecule has 0 radical (unpaired) electrons. The van der Waals surface area contributed by atoms with E-state index in [1.807, 2.05) is 22.9 Å². The molecule has 0 fully saturated rings. The Balaban J connectivity index is 1.58. The Bertz CT molecular complexity index is 1460. The van der Waals surface area contributed by atoms with Gasteiger partial charge in [0.25, 0.3) is 0 Å². The molecule has 0 saturated carbocycles. The van der Waals surface area contributed by atoms with Crippen LogP contribution in [0, 0.1) is 5.92 Å². The normalized spacial score (nSPS) is 15.7. The van der Waals surface area contributed by atoms with Crippen LogP contribution in [0.4, 0.5) is 0 Å². The van der Waals surface area contributed by atoms with Crippen molar-refractivity contribution in [1.82, 2.24) is 19.2 Å². The molecule has 6 rings (SSSR count). The second-order valence-corrected chi connectivity index (χ2v) is 9.37. The quantitative estimate of drug-likeness (QED) is 0.260. The lowest BCUT2D eigenvalue weighted by molar-refractivity contribution is 0.293. The van der Waals surface area contributed by atoms with Crippen molar-refractivity contribution in [1.29, 1.82) is 0 Å². The Labute approximate surface area is 207 Å². The molecule has 0 amide bonds. The molecule has 1 aliphatic carbocycles. The highest BCUT2D eigenvalue weighted by atomic mass is 79.9. The summed E-state index contributed by atoms with van der Waals surface area (Å²) in [5, 5.41) is 5.01. The average Bonchev–Trinajstić information content (AvgIpc) is 3.54. The van der Waals surface area contributed by atoms with Gasteiger partial charge >= 0.3 is 0 Å². The molecule has 166 valence electrons. The van der Waals surface area contributed by atoms with Crippen LogP contribution in [-0.2, 0) is 5.54 Å². The van der Waals surface area contributed by atoms with Crippen LogP contribution in [0.25, 0.3) is 16.8 Å². The van der Waals surface area contributed by atoms with Gasteiger partial charge in [-0.05, 0) is 45.6 Å². The van der Waals surface area contributed by atoms with Crippen LogP contribution in [0.3, 0.4) is 0 Å². The minimum absolute atomic E-state index is 0.209. The summed E-state index contributed by atoms with van der Waals surface area (Å²) in [5.74, 6) is 0.209. The van der Waals surface area contributed by atoms with Gasteiger partial charge in [0.2, 0.25) is 0 Å². The molecule has 1 unspecified atom stereocenters. The van der Waals surface area contributed by atoms with Gasteiger partial charge in [-0.1, -0.05) is 85.0 Å². The monoisotopic (exact) mass is 506 g/mol. The van der Waals surface area contributed by atoms with Gasteiger partial charge in [0, 0.05) is 29.4 Å². The number of hydrogen-bond acceptors (Lipinski definition) is 2. The number of rotatable bonds is 5. The highest BCUT2D eigenvalue weighted by Gasteiger charge is 2.43. The first-order valence-corrected chi connectivity index (χ1v) is 12.2. The van der Waals surface area contributed by atoms with E-state index in [1.165, 1.54) is 11.1 Å². The van der Waals surface area contributed by atoms with Gasteiger partial charge < -0.3 is 0 Å². The van der Waals surface area contributed by atoms with E-state index >= 15 is 0 Å². The van der Waals surface area contributed by atoms with Gasteiger partial charge in [-0.15, -0.1) is 0 Å². The summed E-state index contributed by atoms with van der Waals surface area (Å²) in [7, 11) is 0. The first-order chi connectivity index (χ1) is 16.8. The summed E-state index contributed by atoms with van der Waals surface area (Å²) in [6.07, 6.45) is 17.9. The Hall–Kier alpha value is -3.70. The molecule has 0 saturated heterocycles. The van der Waals surface area contributed by atoms with E-state index in [0.29, 0.717) is 0 Å². The Morgan fingerprint density at radius 2 is 1.53 bits per heavy atom. The predicted octanol–water partition coefficient (Wildman–Crippen LogP) is 6.88. The van der Waals surface area contributed by atoms with E-state index in [1.54, 1.807) is 0 Å². The number of allylic oxidation sites excluding steroid dienone is 4. The highest BCUT2D eigenvalue weighted by molar-refractivity contribution is 9.10. The van der Waals surface area contributed by atoms with Crippen molar-refractivity contribution in [2.75, 3.05) is 0 Å². The SMILES string of the molecule is Brc1cnc2ccc(-c3cnn(C(c4ccccc4)(c4ccccc4)C4C=CC=CC4)c3)cn12. The fraction of sp³-hybridized carbons (Fsp3) is 0.103. The molecule has 1 aliphatic rings. The van der Waals surface area contributed by atoms with E-state index in [2.05, 4.69) is 129 Å². The van der Waals surface area contributed by atoms with Crippen LogP contribution in [0.5, 0.6) is 0 Å². The van der Waals surface area contributed by atoms with Crippen molar-refractivity contribution in [2.45, 2.75) is 12.0 Å². The smallest absolute Gasteiger partial charge is 0.137 e. The number of nitrogens with zero attached hydrogens (tertiary/aromatic N) is 4. The van der Waals surface area contributed by atoms with Crippen molar-refractivity contribution in [3.8, 4) is 11.1 Å². The zero-order chi connectivity index (χ0) is 23.0. The van der Waals surface area contributed by atoms with Crippen LogP contribution in [0.1, 0.15) is 17.5 Å². The summed E-state index contributed by atoms with van der Waals surface area (Å²) in [6, 6.07) is 25.6. The molecule has 0 aliphatic heterocycles. The predicted molar refractivity (Wildman–Crippen MR) is 140 cm³/mol. The van der Waals surface area contributed by atoms with Crippen molar-refractivity contribution in [2.24, 2.45) is 5.92 Å². The molecule has 0 spiro atoms. The number of aromatic nitrogens is 4. The third-order valence-corrected chi connectivity index (χ3v) is 7.27. The van der Waals surface area contributed by atoms with Crippen molar-refractivity contribution < 1.29 is 0 Å². The maximum absolute atomic E-state index is 5.01. The molecule has 0 N–H and O–H groups in total. The number of benzene rings is 2. The standard InChI is InChI=1S/C29H23BrN4/c30-27-19-31-28-17-16-22(20-33(27)28)23-18-32-34(21-23)29(24-10-4-1-5-11-24,25-12-6-2-7-13-25)26-14-8-3-9-15-26/h1-14,16-21,26H,15H2. The first kappa shape index (κ1) is 20.9. The van der Waals surface area contributed by atoms with Crippen molar-refractivity contribution in [3.63, 3.8) is 0 Å². The van der Waals surface area contributed by atoms with E-state index in [-0.39, 0.29) is 5.92 Å².